The largest absolute Gasteiger partial charge is 0.490 e. The number of hydrogen-bond acceptors (Lipinski definition) is 4. The minimum absolute atomic E-state index is 0.113. The van der Waals surface area contributed by atoms with Crippen LogP contribution in [0.4, 0.5) is 8.78 Å². The van der Waals surface area contributed by atoms with Gasteiger partial charge in [-0.2, -0.15) is 0 Å². The van der Waals surface area contributed by atoms with Crippen molar-refractivity contribution in [1.82, 2.24) is 20.3 Å². The van der Waals surface area contributed by atoms with E-state index in [9.17, 15) is 13.6 Å². The van der Waals surface area contributed by atoms with Crippen LogP contribution in [-0.2, 0) is 0 Å². The van der Waals surface area contributed by atoms with E-state index in [2.05, 4.69) is 15.6 Å². The van der Waals surface area contributed by atoms with E-state index in [1.807, 2.05) is 0 Å². The zero-order valence-electron chi connectivity index (χ0n) is 14.2. The number of nitrogens with one attached hydrogen (secondary N) is 1. The van der Waals surface area contributed by atoms with Gasteiger partial charge in [0.1, 0.15) is 5.82 Å². The fraction of sp³-hybridized carbons (Fsp3) is 0.211. The summed E-state index contributed by atoms with van der Waals surface area (Å²) in [7, 11) is 0. The average Bonchev–Trinajstić information content (AvgIpc) is 3.07. The van der Waals surface area contributed by atoms with E-state index < -0.39 is 11.7 Å². The summed E-state index contributed by atoms with van der Waals surface area (Å²) in [4.78, 5) is 12.6. The molecule has 1 aliphatic heterocycles. The number of aromatic nitrogens is 3. The van der Waals surface area contributed by atoms with Gasteiger partial charge in [-0.15, -0.1) is 5.10 Å². The van der Waals surface area contributed by atoms with Crippen LogP contribution in [0.1, 0.15) is 34.9 Å². The van der Waals surface area contributed by atoms with Crippen LogP contribution >= 0.6 is 0 Å². The molecule has 3 aromatic rings. The third kappa shape index (κ3) is 3.51. The van der Waals surface area contributed by atoms with E-state index in [1.165, 1.54) is 41.2 Å². The second-order valence-corrected chi connectivity index (χ2v) is 6.20. The van der Waals surface area contributed by atoms with Gasteiger partial charge < -0.3 is 10.1 Å². The van der Waals surface area contributed by atoms with Gasteiger partial charge in [-0.3, -0.25) is 4.79 Å². The first-order valence-corrected chi connectivity index (χ1v) is 8.52. The molecule has 1 aliphatic rings. The Kier molecular flexibility index (Phi) is 4.53. The van der Waals surface area contributed by atoms with E-state index in [0.29, 0.717) is 30.7 Å². The van der Waals surface area contributed by atoms with Crippen molar-refractivity contribution >= 4 is 5.91 Å². The van der Waals surface area contributed by atoms with Crippen molar-refractivity contribution in [3.63, 3.8) is 0 Å². The summed E-state index contributed by atoms with van der Waals surface area (Å²) in [5, 5.41) is 10.7. The fourth-order valence-corrected chi connectivity index (χ4v) is 3.04. The number of ether oxygens (including phenoxy) is 1. The smallest absolute Gasteiger partial charge is 0.273 e. The van der Waals surface area contributed by atoms with Crippen LogP contribution in [-0.4, -0.2) is 27.5 Å². The normalized spacial score (nSPS) is 16.1. The maximum atomic E-state index is 14.0. The molecule has 1 N–H and O–H groups in total. The summed E-state index contributed by atoms with van der Waals surface area (Å²) >= 11 is 0. The lowest BCUT2D eigenvalue weighted by Gasteiger charge is -2.17. The number of benzene rings is 2. The number of carbonyl (C=O) groups is 1. The molecular weight excluding hydrogens is 354 g/mol. The predicted molar refractivity (Wildman–Crippen MR) is 92.7 cm³/mol. The monoisotopic (exact) mass is 370 g/mol. The lowest BCUT2D eigenvalue weighted by Crippen LogP contribution is -2.28. The van der Waals surface area contributed by atoms with Gasteiger partial charge in [-0.05, 0) is 43.2 Å². The third-order valence-corrected chi connectivity index (χ3v) is 4.38. The summed E-state index contributed by atoms with van der Waals surface area (Å²) in [5.41, 5.74) is 1.30. The molecule has 0 bridgehead atoms. The second kappa shape index (κ2) is 7.14. The Bertz CT molecular complexity index is 972. The summed E-state index contributed by atoms with van der Waals surface area (Å²) in [6, 6.07) is 9.94. The number of nitrogens with zero attached hydrogens (tertiary/aromatic N) is 3. The van der Waals surface area contributed by atoms with Crippen molar-refractivity contribution in [1.29, 1.82) is 0 Å². The fourth-order valence-electron chi connectivity index (χ4n) is 3.04. The van der Waals surface area contributed by atoms with E-state index in [-0.39, 0.29) is 23.3 Å². The maximum Gasteiger partial charge on any atom is 0.273 e. The SMILES string of the molecule is O=C(NC1CCCOc2c(F)cccc21)c1cn(-c2ccc(F)cc2)nn1. The molecule has 6 nitrogen and oxygen atoms in total. The Morgan fingerprint density at radius 3 is 2.81 bits per heavy atom. The lowest BCUT2D eigenvalue weighted by atomic mass is 10.0. The number of para-hydroxylation sites is 1. The highest BCUT2D eigenvalue weighted by molar-refractivity contribution is 5.92. The highest BCUT2D eigenvalue weighted by atomic mass is 19.1. The number of rotatable bonds is 3. The molecule has 2 heterocycles. The number of halogens is 2. The molecule has 8 heteroatoms. The first-order chi connectivity index (χ1) is 13.1. The van der Waals surface area contributed by atoms with Crippen molar-refractivity contribution in [2.24, 2.45) is 0 Å². The van der Waals surface area contributed by atoms with Crippen LogP contribution in [0.15, 0.2) is 48.7 Å². The van der Waals surface area contributed by atoms with Gasteiger partial charge in [0.2, 0.25) is 0 Å². The standard InChI is InChI=1S/C19H16F2N4O2/c20-12-6-8-13(9-7-12)25-11-17(23-24-25)19(26)22-16-5-2-10-27-18-14(16)3-1-4-15(18)21/h1,3-4,6-9,11,16H,2,5,10H2,(H,22,26). The molecule has 1 unspecified atom stereocenters. The maximum absolute atomic E-state index is 14.0. The van der Waals surface area contributed by atoms with Gasteiger partial charge in [0.25, 0.3) is 5.91 Å². The van der Waals surface area contributed by atoms with Crippen molar-refractivity contribution in [2.45, 2.75) is 18.9 Å². The molecule has 27 heavy (non-hydrogen) atoms. The molecule has 138 valence electrons. The van der Waals surface area contributed by atoms with E-state index in [4.69, 9.17) is 4.74 Å². The molecule has 1 aromatic heterocycles. The van der Waals surface area contributed by atoms with E-state index in [1.54, 1.807) is 12.1 Å². The number of hydrogen-bond donors (Lipinski definition) is 1. The molecule has 0 fully saturated rings. The Labute approximate surface area is 153 Å². The predicted octanol–water partition coefficient (Wildman–Crippen LogP) is 3.19. The Morgan fingerprint density at radius 2 is 2.00 bits per heavy atom. The molecule has 0 aliphatic carbocycles. The van der Waals surface area contributed by atoms with Crippen LogP contribution in [0.3, 0.4) is 0 Å². The Balaban J connectivity index is 1.55. The molecule has 1 amide bonds. The molecule has 0 saturated heterocycles. The first kappa shape index (κ1) is 17.1. The highest BCUT2D eigenvalue weighted by Crippen LogP contribution is 2.33. The summed E-state index contributed by atoms with van der Waals surface area (Å²) in [6.07, 6.45) is 2.76. The van der Waals surface area contributed by atoms with Gasteiger partial charge in [0.15, 0.2) is 17.3 Å². The zero-order chi connectivity index (χ0) is 18.8. The zero-order valence-corrected chi connectivity index (χ0v) is 14.2. The molecule has 0 saturated carbocycles. The molecule has 2 aromatic carbocycles. The Hall–Kier alpha value is -3.29. The van der Waals surface area contributed by atoms with Crippen LogP contribution < -0.4 is 10.1 Å². The van der Waals surface area contributed by atoms with Gasteiger partial charge in [0.05, 0.1) is 24.5 Å². The summed E-state index contributed by atoms with van der Waals surface area (Å²) in [6.45, 7) is 0.390. The van der Waals surface area contributed by atoms with Gasteiger partial charge in [0, 0.05) is 5.56 Å². The van der Waals surface area contributed by atoms with Crippen molar-refractivity contribution in [3.8, 4) is 11.4 Å². The van der Waals surface area contributed by atoms with Crippen LogP contribution in [0.2, 0.25) is 0 Å². The van der Waals surface area contributed by atoms with Crippen molar-refractivity contribution < 1.29 is 18.3 Å². The molecule has 1 atom stereocenters. The highest BCUT2D eigenvalue weighted by Gasteiger charge is 2.25. The van der Waals surface area contributed by atoms with Crippen LogP contribution in [0, 0.1) is 11.6 Å². The second-order valence-electron chi connectivity index (χ2n) is 6.20. The average molecular weight is 370 g/mol. The third-order valence-electron chi connectivity index (χ3n) is 4.38. The molecular formula is C19H16F2N4O2. The quantitative estimate of drug-likeness (QED) is 0.769. The molecule has 4 rings (SSSR count). The molecule has 0 spiro atoms. The summed E-state index contributed by atoms with van der Waals surface area (Å²) < 4.78 is 33.9. The summed E-state index contributed by atoms with van der Waals surface area (Å²) in [5.74, 6) is -1.06. The van der Waals surface area contributed by atoms with Crippen LogP contribution in [0.25, 0.3) is 5.69 Å². The minimum Gasteiger partial charge on any atom is -0.490 e. The number of amides is 1. The van der Waals surface area contributed by atoms with E-state index >= 15 is 0 Å². The minimum atomic E-state index is -0.448. The van der Waals surface area contributed by atoms with Gasteiger partial charge in [-0.1, -0.05) is 17.3 Å². The Morgan fingerprint density at radius 1 is 1.19 bits per heavy atom. The first-order valence-electron chi connectivity index (χ1n) is 8.52. The lowest BCUT2D eigenvalue weighted by molar-refractivity contribution is 0.0929. The van der Waals surface area contributed by atoms with E-state index in [0.717, 1.165) is 0 Å². The van der Waals surface area contributed by atoms with Gasteiger partial charge >= 0.3 is 0 Å². The van der Waals surface area contributed by atoms with Gasteiger partial charge in [-0.25, -0.2) is 13.5 Å². The van der Waals surface area contributed by atoms with Crippen LogP contribution in [0.5, 0.6) is 5.75 Å². The van der Waals surface area contributed by atoms with Crippen molar-refractivity contribution in [3.05, 3.63) is 71.6 Å². The number of fused-ring (bicyclic) bond motifs is 1. The van der Waals surface area contributed by atoms with Crippen molar-refractivity contribution in [2.75, 3.05) is 6.61 Å². The topological polar surface area (TPSA) is 69.0 Å². The molecule has 0 radical (unpaired) electrons. The number of carbonyl (C=O) groups excluding carboxylic acids is 1.